The molecule has 2 nitrogen and oxygen atoms in total. The van der Waals surface area contributed by atoms with Gasteiger partial charge in [-0.05, 0) is 40.7 Å². The Morgan fingerprint density at radius 1 is 1.00 bits per heavy atom. The van der Waals surface area contributed by atoms with Crippen molar-refractivity contribution in [3.8, 4) is 0 Å². The maximum atomic E-state index is 10.5. The highest BCUT2D eigenvalue weighted by molar-refractivity contribution is 5.42. The van der Waals surface area contributed by atoms with Crippen LogP contribution in [0.4, 0.5) is 5.69 Å². The number of nitrogens with two attached hydrogens (primary N) is 1. The van der Waals surface area contributed by atoms with Crippen LogP contribution >= 0.6 is 0 Å². The van der Waals surface area contributed by atoms with Crippen molar-refractivity contribution in [1.82, 2.24) is 0 Å². The zero-order valence-electron chi connectivity index (χ0n) is 12.4. The third-order valence-corrected chi connectivity index (χ3v) is 3.54. The maximum Gasteiger partial charge on any atom is 0.0841 e. The summed E-state index contributed by atoms with van der Waals surface area (Å²) in [6.45, 7) is 6.16. The third kappa shape index (κ3) is 3.40. The van der Waals surface area contributed by atoms with Crippen molar-refractivity contribution in [1.29, 1.82) is 0 Å². The van der Waals surface area contributed by atoms with Gasteiger partial charge in [-0.1, -0.05) is 57.2 Å². The number of nitrogen functional groups attached to an aromatic ring is 1. The first-order valence-corrected chi connectivity index (χ1v) is 6.98. The van der Waals surface area contributed by atoms with Gasteiger partial charge in [-0.25, -0.2) is 0 Å². The minimum atomic E-state index is -0.465. The predicted octanol–water partition coefficient (Wildman–Crippen LogP) is 3.94. The summed E-state index contributed by atoms with van der Waals surface area (Å²) in [5, 5.41) is 10.5. The highest BCUT2D eigenvalue weighted by Gasteiger charge is 2.25. The first-order chi connectivity index (χ1) is 9.38. The molecule has 2 aromatic rings. The highest BCUT2D eigenvalue weighted by Crippen LogP contribution is 2.34. The molecular formula is C18H23NO. The van der Waals surface area contributed by atoms with Gasteiger partial charge in [-0.2, -0.15) is 0 Å². The second-order valence-corrected chi connectivity index (χ2v) is 6.39. The van der Waals surface area contributed by atoms with Gasteiger partial charge >= 0.3 is 0 Å². The molecule has 0 radical (unpaired) electrons. The van der Waals surface area contributed by atoms with Crippen LogP contribution in [0.5, 0.6) is 0 Å². The number of hydrogen-bond acceptors (Lipinski definition) is 2. The predicted molar refractivity (Wildman–Crippen MR) is 84.5 cm³/mol. The fourth-order valence-corrected chi connectivity index (χ4v) is 2.28. The summed E-state index contributed by atoms with van der Waals surface area (Å²) in [4.78, 5) is 0. The average molecular weight is 269 g/mol. The van der Waals surface area contributed by atoms with Crippen molar-refractivity contribution in [2.45, 2.75) is 33.3 Å². The van der Waals surface area contributed by atoms with E-state index in [1.54, 1.807) is 0 Å². The molecular weight excluding hydrogens is 246 g/mol. The molecule has 1 atom stereocenters. The summed E-state index contributed by atoms with van der Waals surface area (Å²) in [7, 11) is 0. The highest BCUT2D eigenvalue weighted by atomic mass is 16.3. The first kappa shape index (κ1) is 14.6. The lowest BCUT2D eigenvalue weighted by molar-refractivity contribution is 0.0620. The Balaban J connectivity index is 2.31. The van der Waals surface area contributed by atoms with Crippen LogP contribution in [0.3, 0.4) is 0 Å². The molecule has 2 rings (SSSR count). The van der Waals surface area contributed by atoms with E-state index >= 15 is 0 Å². The van der Waals surface area contributed by atoms with Crippen molar-refractivity contribution in [3.05, 3.63) is 65.2 Å². The summed E-state index contributed by atoms with van der Waals surface area (Å²) < 4.78 is 0. The van der Waals surface area contributed by atoms with Gasteiger partial charge in [0.1, 0.15) is 0 Å². The van der Waals surface area contributed by atoms with Gasteiger partial charge in [0.15, 0.2) is 0 Å². The lowest BCUT2D eigenvalue weighted by Gasteiger charge is -2.28. The quantitative estimate of drug-likeness (QED) is 0.829. The van der Waals surface area contributed by atoms with E-state index in [2.05, 4.69) is 26.8 Å². The van der Waals surface area contributed by atoms with E-state index < -0.39 is 6.10 Å². The van der Waals surface area contributed by atoms with E-state index in [9.17, 15) is 5.11 Å². The number of anilines is 1. The second kappa shape index (κ2) is 5.68. The minimum absolute atomic E-state index is 0.169. The molecule has 0 aliphatic rings. The van der Waals surface area contributed by atoms with E-state index in [-0.39, 0.29) is 5.41 Å². The topological polar surface area (TPSA) is 46.2 Å². The molecule has 0 saturated carbocycles. The Morgan fingerprint density at radius 3 is 2.20 bits per heavy atom. The Labute approximate surface area is 121 Å². The molecule has 106 valence electrons. The summed E-state index contributed by atoms with van der Waals surface area (Å²) in [5.41, 5.74) is 9.70. The van der Waals surface area contributed by atoms with Crippen LogP contribution in [0.2, 0.25) is 0 Å². The van der Waals surface area contributed by atoms with E-state index in [1.165, 1.54) is 11.1 Å². The SMILES string of the molecule is CC(C)(C)C(O)c1ccccc1Cc1ccc(N)cc1. The van der Waals surface area contributed by atoms with Crippen molar-refractivity contribution < 1.29 is 5.11 Å². The molecule has 0 aliphatic heterocycles. The fourth-order valence-electron chi connectivity index (χ4n) is 2.28. The van der Waals surface area contributed by atoms with Gasteiger partial charge in [0.2, 0.25) is 0 Å². The van der Waals surface area contributed by atoms with Gasteiger partial charge in [0.25, 0.3) is 0 Å². The number of aliphatic hydroxyl groups excluding tert-OH is 1. The molecule has 0 saturated heterocycles. The van der Waals surface area contributed by atoms with Gasteiger partial charge in [0, 0.05) is 5.69 Å². The zero-order valence-corrected chi connectivity index (χ0v) is 12.4. The van der Waals surface area contributed by atoms with Gasteiger partial charge in [0.05, 0.1) is 6.10 Å². The molecule has 0 fully saturated rings. The third-order valence-electron chi connectivity index (χ3n) is 3.54. The number of aliphatic hydroxyl groups is 1. The molecule has 1 unspecified atom stereocenters. The van der Waals surface area contributed by atoms with Crippen molar-refractivity contribution in [2.75, 3.05) is 5.73 Å². The van der Waals surface area contributed by atoms with E-state index in [1.807, 2.05) is 42.5 Å². The summed E-state index contributed by atoms with van der Waals surface area (Å²) in [6.07, 6.45) is 0.344. The average Bonchev–Trinajstić information content (AvgIpc) is 2.40. The summed E-state index contributed by atoms with van der Waals surface area (Å²) >= 11 is 0. The molecule has 0 heterocycles. The smallest absolute Gasteiger partial charge is 0.0841 e. The molecule has 0 aromatic heterocycles. The first-order valence-electron chi connectivity index (χ1n) is 6.98. The van der Waals surface area contributed by atoms with Gasteiger partial charge in [-0.3, -0.25) is 0 Å². The monoisotopic (exact) mass is 269 g/mol. The molecule has 2 heteroatoms. The molecule has 0 bridgehead atoms. The zero-order chi connectivity index (χ0) is 14.8. The minimum Gasteiger partial charge on any atom is -0.399 e. The van der Waals surface area contributed by atoms with Crippen LogP contribution in [0.1, 0.15) is 43.6 Å². The number of hydrogen-bond donors (Lipinski definition) is 2. The Morgan fingerprint density at radius 2 is 1.60 bits per heavy atom. The van der Waals surface area contributed by atoms with Crippen molar-refractivity contribution in [3.63, 3.8) is 0 Å². The molecule has 20 heavy (non-hydrogen) atoms. The molecule has 3 N–H and O–H groups in total. The van der Waals surface area contributed by atoms with Crippen LogP contribution < -0.4 is 5.73 Å². The summed E-state index contributed by atoms with van der Waals surface area (Å²) in [5.74, 6) is 0. The van der Waals surface area contributed by atoms with Crippen molar-refractivity contribution in [2.24, 2.45) is 5.41 Å². The van der Waals surface area contributed by atoms with Gasteiger partial charge in [-0.15, -0.1) is 0 Å². The summed E-state index contributed by atoms with van der Waals surface area (Å²) in [6, 6.07) is 16.0. The molecule has 0 spiro atoms. The Bertz CT molecular complexity index is 567. The lowest BCUT2D eigenvalue weighted by atomic mass is 9.82. The fraction of sp³-hybridized carbons (Fsp3) is 0.333. The van der Waals surface area contributed by atoms with Crippen LogP contribution in [0.15, 0.2) is 48.5 Å². The normalized spacial score (nSPS) is 13.2. The molecule has 2 aromatic carbocycles. The van der Waals surface area contributed by atoms with E-state index in [4.69, 9.17) is 5.73 Å². The van der Waals surface area contributed by atoms with Gasteiger partial charge < -0.3 is 10.8 Å². The van der Waals surface area contributed by atoms with Crippen LogP contribution in [0.25, 0.3) is 0 Å². The molecule has 0 amide bonds. The van der Waals surface area contributed by atoms with Crippen molar-refractivity contribution >= 4 is 5.69 Å². The lowest BCUT2D eigenvalue weighted by Crippen LogP contribution is -2.19. The standard InChI is InChI=1S/C18H23NO/c1-18(2,3)17(20)16-7-5-4-6-14(16)12-13-8-10-15(19)11-9-13/h4-11,17,20H,12,19H2,1-3H3. The Kier molecular flexibility index (Phi) is 4.15. The maximum absolute atomic E-state index is 10.5. The van der Waals surface area contributed by atoms with Crippen LogP contribution in [-0.4, -0.2) is 5.11 Å². The van der Waals surface area contributed by atoms with E-state index in [0.29, 0.717) is 0 Å². The molecule has 0 aliphatic carbocycles. The largest absolute Gasteiger partial charge is 0.399 e. The van der Waals surface area contributed by atoms with E-state index in [0.717, 1.165) is 17.7 Å². The van der Waals surface area contributed by atoms with Crippen LogP contribution in [0, 0.1) is 5.41 Å². The number of benzene rings is 2. The van der Waals surface area contributed by atoms with Crippen LogP contribution in [-0.2, 0) is 6.42 Å². The second-order valence-electron chi connectivity index (χ2n) is 6.39. The Hall–Kier alpha value is -1.80. The number of rotatable bonds is 3.